The molecule has 1 aliphatic rings. The van der Waals surface area contributed by atoms with E-state index in [1.807, 2.05) is 66.7 Å². The van der Waals surface area contributed by atoms with Crippen molar-refractivity contribution in [2.24, 2.45) is 0 Å². The quantitative estimate of drug-likeness (QED) is 0.257. The summed E-state index contributed by atoms with van der Waals surface area (Å²) in [7, 11) is 0. The number of rotatable bonds is 12. The van der Waals surface area contributed by atoms with Crippen LogP contribution in [0.25, 0.3) is 12.2 Å². The highest BCUT2D eigenvalue weighted by molar-refractivity contribution is 5.65. The Morgan fingerprint density at radius 3 is 2.54 bits per heavy atom. The van der Waals surface area contributed by atoms with Crippen LogP contribution in [0, 0.1) is 0 Å². The van der Waals surface area contributed by atoms with E-state index in [2.05, 4.69) is 9.88 Å². The largest absolute Gasteiger partial charge is 0.492 e. The number of aromatic nitrogens is 2. The van der Waals surface area contributed by atoms with Gasteiger partial charge in [-0.3, -0.25) is 0 Å². The lowest BCUT2D eigenvalue weighted by Crippen LogP contribution is -2.33. The van der Waals surface area contributed by atoms with Gasteiger partial charge in [0.2, 0.25) is 11.8 Å². The molecule has 0 atom stereocenters. The molecule has 5 rings (SSSR count). The van der Waals surface area contributed by atoms with Crippen molar-refractivity contribution in [3.8, 4) is 11.6 Å². The van der Waals surface area contributed by atoms with Crippen LogP contribution in [0.2, 0.25) is 0 Å². The predicted molar refractivity (Wildman–Crippen MR) is 150 cm³/mol. The second kappa shape index (κ2) is 13.2. The third kappa shape index (κ3) is 7.51. The maximum atomic E-state index is 12.3. The molecule has 1 N–H and O–H groups in total. The molecule has 1 fully saturated rings. The second-order valence-corrected chi connectivity index (χ2v) is 9.88. The van der Waals surface area contributed by atoms with Crippen LogP contribution in [0.1, 0.15) is 54.2 Å². The summed E-state index contributed by atoms with van der Waals surface area (Å²) in [5.74, 6) is 1.13. The molecule has 39 heavy (non-hydrogen) atoms. The molecule has 3 heterocycles. The minimum absolute atomic E-state index is 0.0349. The minimum atomic E-state index is -0.479. The number of hydrogen-bond donors (Lipinski definition) is 1. The number of piperidine rings is 1. The molecule has 0 amide bonds. The van der Waals surface area contributed by atoms with Crippen LogP contribution in [-0.4, -0.2) is 39.2 Å². The topological polar surface area (TPSA) is 93.9 Å². The average Bonchev–Trinajstić information content (AvgIpc) is 3.54. The van der Waals surface area contributed by atoms with Crippen LogP contribution >= 0.6 is 0 Å². The van der Waals surface area contributed by atoms with Gasteiger partial charge in [0, 0.05) is 25.6 Å². The van der Waals surface area contributed by atoms with Crippen molar-refractivity contribution in [1.82, 2.24) is 14.5 Å². The fraction of sp³-hybridized carbons (Fsp3) is 0.355. The van der Waals surface area contributed by atoms with Crippen LogP contribution in [-0.2, 0) is 26.0 Å². The summed E-state index contributed by atoms with van der Waals surface area (Å²) in [4.78, 5) is 19.0. The molecule has 0 unspecified atom stereocenters. The Morgan fingerprint density at radius 1 is 0.949 bits per heavy atom. The molecular formula is C31H35N3O5. The van der Waals surface area contributed by atoms with Crippen LogP contribution in [0.3, 0.4) is 0 Å². The van der Waals surface area contributed by atoms with Crippen molar-refractivity contribution in [2.75, 3.05) is 19.6 Å². The Kier molecular flexibility index (Phi) is 8.96. The van der Waals surface area contributed by atoms with Gasteiger partial charge < -0.3 is 23.6 Å². The summed E-state index contributed by atoms with van der Waals surface area (Å²) in [6, 6.07) is 17.9. The first-order chi connectivity index (χ1) is 19.1. The molecule has 0 saturated carbocycles. The number of likely N-dealkylation sites (tertiary alicyclic amines) is 1. The van der Waals surface area contributed by atoms with Gasteiger partial charge >= 0.3 is 5.76 Å². The number of benzene rings is 2. The van der Waals surface area contributed by atoms with E-state index in [-0.39, 0.29) is 5.88 Å². The van der Waals surface area contributed by atoms with Gasteiger partial charge in [0.25, 0.3) is 0 Å². The zero-order valence-corrected chi connectivity index (χ0v) is 22.1. The molecule has 1 aliphatic heterocycles. The summed E-state index contributed by atoms with van der Waals surface area (Å²) < 4.78 is 18.1. The van der Waals surface area contributed by atoms with Gasteiger partial charge in [-0.05, 0) is 68.1 Å². The van der Waals surface area contributed by atoms with Crippen LogP contribution in [0.4, 0.5) is 0 Å². The lowest BCUT2D eigenvalue weighted by molar-refractivity contribution is 0.216. The number of nitrogens with zero attached hydrogens (tertiary/aromatic N) is 3. The van der Waals surface area contributed by atoms with E-state index in [0.29, 0.717) is 31.2 Å². The normalized spacial score (nSPS) is 14.3. The molecule has 2 aromatic heterocycles. The lowest BCUT2D eigenvalue weighted by Gasteiger charge is -2.26. The van der Waals surface area contributed by atoms with E-state index in [0.717, 1.165) is 55.0 Å². The Balaban J connectivity index is 1.05. The van der Waals surface area contributed by atoms with E-state index < -0.39 is 5.76 Å². The summed E-state index contributed by atoms with van der Waals surface area (Å²) in [6.45, 7) is 3.63. The monoisotopic (exact) mass is 529 g/mol. The summed E-state index contributed by atoms with van der Waals surface area (Å²) in [6.07, 6.45) is 11.1. The van der Waals surface area contributed by atoms with Gasteiger partial charge in [-0.2, -0.15) is 0 Å². The number of oxazole rings is 2. The average molecular weight is 530 g/mol. The third-order valence-electron chi connectivity index (χ3n) is 6.99. The Hall–Kier alpha value is -4.04. The Labute approximate surface area is 228 Å². The SMILES string of the molecule is O=c1oc(CCCc2ccc(OCc3coc(C=Cc4ccccc4)n3)cc2)c(O)n1CCN1CCCCC1. The van der Waals surface area contributed by atoms with Crippen LogP contribution < -0.4 is 10.5 Å². The van der Waals surface area contributed by atoms with Crippen LogP contribution in [0.15, 0.2) is 74.5 Å². The predicted octanol–water partition coefficient (Wildman–Crippen LogP) is 5.55. The van der Waals surface area contributed by atoms with E-state index >= 15 is 0 Å². The molecule has 8 heteroatoms. The van der Waals surface area contributed by atoms with Crippen molar-refractivity contribution in [2.45, 2.75) is 51.7 Å². The van der Waals surface area contributed by atoms with Gasteiger partial charge in [0.1, 0.15) is 24.3 Å². The smallest absolute Gasteiger partial charge is 0.422 e. The van der Waals surface area contributed by atoms with Gasteiger partial charge in [0.05, 0.1) is 0 Å². The number of ether oxygens (including phenoxy) is 1. The van der Waals surface area contributed by atoms with Crippen molar-refractivity contribution in [3.63, 3.8) is 0 Å². The molecular weight excluding hydrogens is 494 g/mol. The van der Waals surface area contributed by atoms with E-state index in [4.69, 9.17) is 13.6 Å². The molecule has 204 valence electrons. The molecule has 2 aromatic carbocycles. The highest BCUT2D eigenvalue weighted by atomic mass is 16.5. The Morgan fingerprint density at radius 2 is 1.74 bits per heavy atom. The summed E-state index contributed by atoms with van der Waals surface area (Å²) in [5.41, 5.74) is 2.94. The van der Waals surface area contributed by atoms with Crippen molar-refractivity contribution < 1.29 is 18.7 Å². The van der Waals surface area contributed by atoms with Gasteiger partial charge in [-0.15, -0.1) is 0 Å². The molecule has 1 saturated heterocycles. The molecule has 0 radical (unpaired) electrons. The third-order valence-corrected chi connectivity index (χ3v) is 6.99. The second-order valence-electron chi connectivity index (χ2n) is 9.88. The standard InChI is InChI=1S/C31H35N3O5/c35-30-28(39-31(36)34(30)21-20-33-18-5-2-6-19-33)11-7-10-25-12-15-27(16-13-25)37-22-26-23-38-29(32-26)17-14-24-8-3-1-4-9-24/h1,3-4,8-9,12-17,23,35H,2,5-7,10-11,18-22H2. The number of aryl methyl sites for hydroxylation is 2. The molecule has 0 bridgehead atoms. The number of aromatic hydroxyl groups is 1. The zero-order chi connectivity index (χ0) is 26.9. The van der Waals surface area contributed by atoms with Crippen LogP contribution in [0.5, 0.6) is 11.6 Å². The van der Waals surface area contributed by atoms with Crippen molar-refractivity contribution in [1.29, 1.82) is 0 Å². The summed E-state index contributed by atoms with van der Waals surface area (Å²) in [5, 5.41) is 10.5. The fourth-order valence-electron chi connectivity index (χ4n) is 4.79. The molecule has 0 aliphatic carbocycles. The van der Waals surface area contributed by atoms with E-state index in [1.165, 1.54) is 23.8 Å². The zero-order valence-electron chi connectivity index (χ0n) is 22.1. The van der Waals surface area contributed by atoms with Gasteiger partial charge in [-0.25, -0.2) is 14.3 Å². The Bertz CT molecular complexity index is 1400. The van der Waals surface area contributed by atoms with Gasteiger partial charge in [-0.1, -0.05) is 48.9 Å². The first-order valence-corrected chi connectivity index (χ1v) is 13.7. The highest BCUT2D eigenvalue weighted by Gasteiger charge is 2.17. The maximum absolute atomic E-state index is 12.3. The van der Waals surface area contributed by atoms with Crippen molar-refractivity contribution >= 4 is 12.2 Å². The highest BCUT2D eigenvalue weighted by Crippen LogP contribution is 2.20. The van der Waals surface area contributed by atoms with E-state index in [9.17, 15) is 9.90 Å². The van der Waals surface area contributed by atoms with Gasteiger partial charge in [0.15, 0.2) is 5.76 Å². The first-order valence-electron chi connectivity index (χ1n) is 13.7. The number of hydrogen-bond acceptors (Lipinski definition) is 7. The summed E-state index contributed by atoms with van der Waals surface area (Å²) >= 11 is 0. The lowest BCUT2D eigenvalue weighted by atomic mass is 10.1. The minimum Gasteiger partial charge on any atom is -0.492 e. The van der Waals surface area contributed by atoms with Crippen molar-refractivity contribution in [3.05, 3.63) is 99.9 Å². The molecule has 8 nitrogen and oxygen atoms in total. The maximum Gasteiger partial charge on any atom is 0.422 e. The molecule has 0 spiro atoms. The molecule has 4 aromatic rings. The van der Waals surface area contributed by atoms with E-state index in [1.54, 1.807) is 6.26 Å². The first kappa shape index (κ1) is 26.6. The fourth-order valence-corrected chi connectivity index (χ4v) is 4.79.